The molecule has 72 valence electrons. The Kier molecular flexibility index (Phi) is 3.06. The van der Waals surface area contributed by atoms with E-state index in [-0.39, 0.29) is 12.3 Å². The number of carbonyl (C=O) groups excluding carboxylic acids is 1. The van der Waals surface area contributed by atoms with Gasteiger partial charge in [0.2, 0.25) is 5.91 Å². The Morgan fingerprint density at radius 2 is 2.31 bits per heavy atom. The molecule has 1 N–H and O–H groups in total. The lowest BCUT2D eigenvalue weighted by atomic mass is 10.2. The van der Waals surface area contributed by atoms with Gasteiger partial charge in [0.05, 0.1) is 0 Å². The third kappa shape index (κ3) is 2.08. The first-order valence-corrected chi connectivity index (χ1v) is 4.30. The fraction of sp³-hybridized carbons (Fsp3) is 0.556. The van der Waals surface area contributed by atoms with E-state index >= 15 is 0 Å². The third-order valence-electron chi connectivity index (χ3n) is 2.18. The molecule has 0 aliphatic carbocycles. The fourth-order valence-corrected chi connectivity index (χ4v) is 1.56. The molecule has 1 aliphatic rings. The highest BCUT2D eigenvalue weighted by molar-refractivity contribution is 5.84. The highest BCUT2D eigenvalue weighted by Crippen LogP contribution is 2.18. The Hall–Kier alpha value is -1.32. The van der Waals surface area contributed by atoms with Crippen molar-refractivity contribution in [3.63, 3.8) is 0 Å². The number of carboxylic acid groups (broad SMARTS) is 1. The van der Waals surface area contributed by atoms with Gasteiger partial charge in [0.1, 0.15) is 6.04 Å². The average molecular weight is 183 g/mol. The maximum Gasteiger partial charge on any atom is 0.326 e. The zero-order valence-corrected chi connectivity index (χ0v) is 7.40. The van der Waals surface area contributed by atoms with Gasteiger partial charge >= 0.3 is 5.97 Å². The second-order valence-corrected chi connectivity index (χ2v) is 3.08. The van der Waals surface area contributed by atoms with Crippen molar-refractivity contribution in [2.24, 2.45) is 0 Å². The number of likely N-dealkylation sites (tertiary alicyclic amines) is 1. The van der Waals surface area contributed by atoms with Gasteiger partial charge in [-0.3, -0.25) is 4.79 Å². The first-order valence-electron chi connectivity index (χ1n) is 4.30. The van der Waals surface area contributed by atoms with Crippen LogP contribution in [0.25, 0.3) is 0 Å². The van der Waals surface area contributed by atoms with Crippen LogP contribution in [0.5, 0.6) is 0 Å². The maximum absolute atomic E-state index is 11.4. The summed E-state index contributed by atoms with van der Waals surface area (Å²) in [6, 6.07) is -0.618. The number of carbonyl (C=O) groups is 2. The van der Waals surface area contributed by atoms with E-state index in [0.717, 1.165) is 6.42 Å². The Balaban J connectivity index is 2.62. The van der Waals surface area contributed by atoms with Crippen molar-refractivity contribution in [1.82, 2.24) is 4.90 Å². The van der Waals surface area contributed by atoms with Crippen molar-refractivity contribution in [2.45, 2.75) is 25.3 Å². The first-order chi connectivity index (χ1) is 6.16. The summed E-state index contributed by atoms with van der Waals surface area (Å²) in [5.41, 5.74) is 0. The Morgan fingerprint density at radius 3 is 2.85 bits per heavy atom. The highest BCUT2D eigenvalue weighted by Gasteiger charge is 2.32. The van der Waals surface area contributed by atoms with Crippen LogP contribution < -0.4 is 0 Å². The fourth-order valence-electron chi connectivity index (χ4n) is 1.56. The number of hydrogen-bond donors (Lipinski definition) is 1. The van der Waals surface area contributed by atoms with Gasteiger partial charge in [-0.2, -0.15) is 0 Å². The molecule has 0 saturated carbocycles. The topological polar surface area (TPSA) is 57.6 Å². The largest absolute Gasteiger partial charge is 0.480 e. The van der Waals surface area contributed by atoms with E-state index in [1.807, 2.05) is 0 Å². The van der Waals surface area contributed by atoms with Gasteiger partial charge in [-0.05, 0) is 12.8 Å². The van der Waals surface area contributed by atoms with E-state index in [0.29, 0.717) is 13.0 Å². The van der Waals surface area contributed by atoms with Crippen LogP contribution in [0.4, 0.5) is 0 Å². The summed E-state index contributed by atoms with van der Waals surface area (Å²) in [4.78, 5) is 23.5. The molecule has 0 aromatic heterocycles. The third-order valence-corrected chi connectivity index (χ3v) is 2.18. The molecule has 0 unspecified atom stereocenters. The molecule has 0 spiro atoms. The number of hydrogen-bond acceptors (Lipinski definition) is 2. The van der Waals surface area contributed by atoms with Gasteiger partial charge in [0, 0.05) is 13.0 Å². The second-order valence-electron chi connectivity index (χ2n) is 3.08. The Bertz CT molecular complexity index is 237. The predicted molar refractivity (Wildman–Crippen MR) is 47.2 cm³/mol. The normalized spacial score (nSPS) is 21.5. The van der Waals surface area contributed by atoms with Gasteiger partial charge in [-0.1, -0.05) is 6.08 Å². The molecule has 1 rings (SSSR count). The molecular formula is C9H13NO3. The maximum atomic E-state index is 11.4. The Morgan fingerprint density at radius 1 is 1.62 bits per heavy atom. The van der Waals surface area contributed by atoms with Crippen molar-refractivity contribution in [1.29, 1.82) is 0 Å². The SMILES string of the molecule is C=CCC(=O)N1CCC[C@@H]1C(=O)O. The van der Waals surface area contributed by atoms with Crippen LogP contribution in [0, 0.1) is 0 Å². The summed E-state index contributed by atoms with van der Waals surface area (Å²) < 4.78 is 0. The molecule has 13 heavy (non-hydrogen) atoms. The van der Waals surface area contributed by atoms with Gasteiger partial charge < -0.3 is 10.0 Å². The standard InChI is InChI=1S/C9H13NO3/c1-2-4-8(11)10-6-3-5-7(10)9(12)13/h2,7H,1,3-6H2,(H,12,13)/t7-/m1/s1. The summed E-state index contributed by atoms with van der Waals surface area (Å²) in [7, 11) is 0. The second kappa shape index (κ2) is 4.07. The molecule has 1 fully saturated rings. The number of nitrogens with zero attached hydrogens (tertiary/aromatic N) is 1. The molecule has 1 atom stereocenters. The number of aliphatic carboxylic acids is 1. The molecule has 0 bridgehead atoms. The molecule has 4 nitrogen and oxygen atoms in total. The van der Waals surface area contributed by atoms with E-state index in [1.165, 1.54) is 11.0 Å². The van der Waals surface area contributed by atoms with Crippen LogP contribution in [-0.2, 0) is 9.59 Å². The van der Waals surface area contributed by atoms with Crippen LogP contribution in [0.2, 0.25) is 0 Å². The predicted octanol–water partition coefficient (Wildman–Crippen LogP) is 0.638. The summed E-state index contributed by atoms with van der Waals surface area (Å²) in [5, 5.41) is 8.78. The van der Waals surface area contributed by atoms with Gasteiger partial charge in [0.15, 0.2) is 0 Å². The van der Waals surface area contributed by atoms with E-state index in [2.05, 4.69) is 6.58 Å². The molecule has 4 heteroatoms. The number of amides is 1. The molecule has 1 heterocycles. The molecule has 1 saturated heterocycles. The lowest BCUT2D eigenvalue weighted by Crippen LogP contribution is -2.40. The first kappa shape index (κ1) is 9.77. The smallest absolute Gasteiger partial charge is 0.326 e. The minimum Gasteiger partial charge on any atom is -0.480 e. The molecule has 0 radical (unpaired) electrons. The summed E-state index contributed by atoms with van der Waals surface area (Å²) in [6.45, 7) is 4.01. The number of carboxylic acids is 1. The number of rotatable bonds is 3. The van der Waals surface area contributed by atoms with Crippen LogP contribution >= 0.6 is 0 Å². The minimum atomic E-state index is -0.907. The lowest BCUT2D eigenvalue weighted by molar-refractivity contribution is -0.147. The van der Waals surface area contributed by atoms with Crippen LogP contribution in [-0.4, -0.2) is 34.5 Å². The van der Waals surface area contributed by atoms with E-state index in [9.17, 15) is 9.59 Å². The summed E-state index contributed by atoms with van der Waals surface area (Å²) in [6.07, 6.45) is 3.07. The molecule has 0 aromatic carbocycles. The lowest BCUT2D eigenvalue weighted by Gasteiger charge is -2.20. The van der Waals surface area contributed by atoms with Gasteiger partial charge in [-0.15, -0.1) is 6.58 Å². The zero-order chi connectivity index (χ0) is 9.84. The van der Waals surface area contributed by atoms with Crippen molar-refractivity contribution < 1.29 is 14.7 Å². The van der Waals surface area contributed by atoms with E-state index in [1.54, 1.807) is 0 Å². The van der Waals surface area contributed by atoms with Crippen molar-refractivity contribution in [3.8, 4) is 0 Å². The van der Waals surface area contributed by atoms with Gasteiger partial charge in [0.25, 0.3) is 0 Å². The van der Waals surface area contributed by atoms with Crippen molar-refractivity contribution in [2.75, 3.05) is 6.54 Å². The molecular weight excluding hydrogens is 170 g/mol. The monoisotopic (exact) mass is 183 g/mol. The molecule has 1 amide bonds. The van der Waals surface area contributed by atoms with Crippen LogP contribution in [0.1, 0.15) is 19.3 Å². The summed E-state index contributed by atoms with van der Waals surface area (Å²) in [5.74, 6) is -1.05. The van der Waals surface area contributed by atoms with E-state index < -0.39 is 12.0 Å². The Labute approximate surface area is 76.8 Å². The molecule has 1 aliphatic heterocycles. The van der Waals surface area contributed by atoms with Crippen molar-refractivity contribution in [3.05, 3.63) is 12.7 Å². The van der Waals surface area contributed by atoms with Crippen molar-refractivity contribution >= 4 is 11.9 Å². The quantitative estimate of drug-likeness (QED) is 0.653. The molecule has 0 aromatic rings. The highest BCUT2D eigenvalue weighted by atomic mass is 16.4. The minimum absolute atomic E-state index is 0.139. The average Bonchev–Trinajstić information content (AvgIpc) is 2.52. The summed E-state index contributed by atoms with van der Waals surface area (Å²) >= 11 is 0. The zero-order valence-electron chi connectivity index (χ0n) is 7.40. The van der Waals surface area contributed by atoms with Crippen LogP contribution in [0.3, 0.4) is 0 Å². The van der Waals surface area contributed by atoms with Gasteiger partial charge in [-0.25, -0.2) is 4.79 Å². The van der Waals surface area contributed by atoms with E-state index in [4.69, 9.17) is 5.11 Å². The van der Waals surface area contributed by atoms with Crippen LogP contribution in [0.15, 0.2) is 12.7 Å².